The molecule has 214 valence electrons. The summed E-state index contributed by atoms with van der Waals surface area (Å²) in [6.07, 6.45) is 4.50. The molecule has 0 spiro atoms. The summed E-state index contributed by atoms with van der Waals surface area (Å²) in [4.78, 5) is 19.0. The number of halogens is 3. The smallest absolute Gasteiger partial charge is 0.406 e. The number of amides is 1. The highest BCUT2D eigenvalue weighted by Gasteiger charge is 2.33. The molecule has 1 fully saturated rings. The van der Waals surface area contributed by atoms with Gasteiger partial charge in [-0.1, -0.05) is 55.1 Å². The number of likely N-dealkylation sites (N-methyl/N-ethyl adjacent to an activating group) is 1. The number of ether oxygens (including phenoxy) is 1. The van der Waals surface area contributed by atoms with Gasteiger partial charge in [-0.2, -0.15) is 10.2 Å². The van der Waals surface area contributed by atoms with Crippen LogP contribution in [0.1, 0.15) is 36.2 Å². The standard InChI is InChI=1S/C29H29F3N6O2S/c1-4-21-7-5-6-19(2)26(21)38-25(39)17-41-28(38)35-36(3)16-20-8-10-22(11-9-20)27-33-18-37(34-27)23-12-14-24(15-13-23)40-29(30,31)32/h5-10,12-15,18,22H,4,11,16-17H2,1-3H3/b35-28-. The van der Waals surface area contributed by atoms with Crippen molar-refractivity contribution in [2.45, 2.75) is 39.0 Å². The van der Waals surface area contributed by atoms with Crippen molar-refractivity contribution in [3.8, 4) is 11.4 Å². The van der Waals surface area contributed by atoms with E-state index in [1.54, 1.807) is 4.90 Å². The molecule has 41 heavy (non-hydrogen) atoms. The van der Waals surface area contributed by atoms with Crippen molar-refractivity contribution in [1.82, 2.24) is 19.8 Å². The zero-order valence-electron chi connectivity index (χ0n) is 22.8. The number of carbonyl (C=O) groups is 1. The first-order valence-electron chi connectivity index (χ1n) is 13.1. The molecule has 0 radical (unpaired) electrons. The van der Waals surface area contributed by atoms with Gasteiger partial charge < -0.3 is 4.74 Å². The first-order valence-corrected chi connectivity index (χ1v) is 14.1. The first kappa shape index (κ1) is 28.5. The third kappa shape index (κ3) is 6.64. The van der Waals surface area contributed by atoms with E-state index in [1.165, 1.54) is 47.0 Å². The molecule has 1 aliphatic heterocycles. The third-order valence-electron chi connectivity index (χ3n) is 6.71. The number of anilines is 1. The fourth-order valence-electron chi connectivity index (χ4n) is 4.77. The summed E-state index contributed by atoms with van der Waals surface area (Å²) >= 11 is 1.44. The van der Waals surface area contributed by atoms with Gasteiger partial charge in [0.1, 0.15) is 12.1 Å². The Balaban J connectivity index is 1.22. The number of hydrazone groups is 1. The van der Waals surface area contributed by atoms with Crippen molar-refractivity contribution < 1.29 is 22.7 Å². The number of allylic oxidation sites excluding steroid dienone is 2. The minimum atomic E-state index is -4.74. The van der Waals surface area contributed by atoms with E-state index >= 15 is 0 Å². The predicted molar refractivity (Wildman–Crippen MR) is 153 cm³/mol. The Labute approximate surface area is 240 Å². The van der Waals surface area contributed by atoms with Crippen molar-refractivity contribution in [3.63, 3.8) is 0 Å². The number of para-hydroxylation sites is 1. The van der Waals surface area contributed by atoms with Gasteiger partial charge in [-0.05, 0) is 60.7 Å². The Hall–Kier alpha value is -4.06. The summed E-state index contributed by atoms with van der Waals surface area (Å²) in [6, 6.07) is 11.5. The second-order valence-corrected chi connectivity index (χ2v) is 10.7. The number of rotatable bonds is 8. The van der Waals surface area contributed by atoms with Crippen LogP contribution in [-0.4, -0.2) is 56.6 Å². The van der Waals surface area contributed by atoms with Crippen LogP contribution in [0.2, 0.25) is 0 Å². The molecule has 1 aromatic heterocycles. The summed E-state index contributed by atoms with van der Waals surface area (Å²) in [5, 5.41) is 11.8. The number of carbonyl (C=O) groups excluding carboxylic acids is 1. The van der Waals surface area contributed by atoms with E-state index in [-0.39, 0.29) is 17.6 Å². The van der Waals surface area contributed by atoms with Crippen molar-refractivity contribution in [1.29, 1.82) is 0 Å². The lowest BCUT2D eigenvalue weighted by Crippen LogP contribution is -2.32. The zero-order valence-corrected chi connectivity index (χ0v) is 23.6. The van der Waals surface area contributed by atoms with Crippen LogP contribution in [0.3, 0.4) is 0 Å². The monoisotopic (exact) mass is 582 g/mol. The summed E-state index contributed by atoms with van der Waals surface area (Å²) in [7, 11) is 1.89. The normalized spacial score (nSPS) is 18.2. The zero-order chi connectivity index (χ0) is 29.1. The number of alkyl halides is 3. The number of hydrogen-bond donors (Lipinski definition) is 0. The van der Waals surface area contributed by atoms with Gasteiger partial charge in [0.25, 0.3) is 0 Å². The number of nitrogens with zero attached hydrogens (tertiary/aromatic N) is 6. The van der Waals surface area contributed by atoms with Gasteiger partial charge in [0.15, 0.2) is 11.0 Å². The Bertz CT molecular complexity index is 1510. The molecular weight excluding hydrogens is 553 g/mol. The molecule has 0 bridgehead atoms. The number of aryl methyl sites for hydroxylation is 2. The lowest BCUT2D eigenvalue weighted by Gasteiger charge is -2.24. The van der Waals surface area contributed by atoms with E-state index in [2.05, 4.69) is 33.9 Å². The molecule has 2 heterocycles. The lowest BCUT2D eigenvalue weighted by atomic mass is 9.96. The average Bonchev–Trinajstić information content (AvgIpc) is 3.56. The summed E-state index contributed by atoms with van der Waals surface area (Å²) in [6.45, 7) is 4.66. The van der Waals surface area contributed by atoms with E-state index in [0.29, 0.717) is 35.4 Å². The third-order valence-corrected chi connectivity index (χ3v) is 7.63. The number of benzene rings is 2. The summed E-state index contributed by atoms with van der Waals surface area (Å²) in [5.74, 6) is 0.679. The Morgan fingerprint density at radius 3 is 2.66 bits per heavy atom. The van der Waals surface area contributed by atoms with Gasteiger partial charge in [0, 0.05) is 13.0 Å². The van der Waals surface area contributed by atoms with Crippen LogP contribution in [0, 0.1) is 6.92 Å². The van der Waals surface area contributed by atoms with E-state index in [4.69, 9.17) is 5.10 Å². The fourth-order valence-corrected chi connectivity index (χ4v) is 5.67. The topological polar surface area (TPSA) is 75.9 Å². The minimum absolute atomic E-state index is 0.0308. The number of aromatic nitrogens is 3. The van der Waals surface area contributed by atoms with Crippen LogP contribution in [0.25, 0.3) is 5.69 Å². The highest BCUT2D eigenvalue weighted by molar-refractivity contribution is 8.15. The maximum atomic E-state index is 12.8. The van der Waals surface area contributed by atoms with E-state index in [9.17, 15) is 18.0 Å². The van der Waals surface area contributed by atoms with Gasteiger partial charge in [0.05, 0.1) is 23.7 Å². The van der Waals surface area contributed by atoms with Crippen molar-refractivity contribution >= 4 is 28.5 Å². The number of thioether (sulfide) groups is 1. The summed E-state index contributed by atoms with van der Waals surface area (Å²) in [5.41, 5.74) is 4.74. The molecule has 3 aromatic rings. The van der Waals surface area contributed by atoms with Crippen LogP contribution in [-0.2, 0) is 11.2 Å². The molecule has 0 N–H and O–H groups in total. The van der Waals surface area contributed by atoms with Crippen molar-refractivity contribution in [3.05, 3.63) is 89.5 Å². The van der Waals surface area contributed by atoms with Gasteiger partial charge in [0.2, 0.25) is 5.91 Å². The highest BCUT2D eigenvalue weighted by Crippen LogP contribution is 2.33. The maximum absolute atomic E-state index is 12.8. The average molecular weight is 583 g/mol. The molecule has 8 nitrogen and oxygen atoms in total. The molecule has 2 aromatic carbocycles. The molecule has 2 aliphatic rings. The Morgan fingerprint density at radius 2 is 1.98 bits per heavy atom. The Morgan fingerprint density at radius 1 is 1.20 bits per heavy atom. The maximum Gasteiger partial charge on any atom is 0.573 e. The van der Waals surface area contributed by atoms with Crippen LogP contribution in [0.15, 0.2) is 77.7 Å². The van der Waals surface area contributed by atoms with E-state index in [0.717, 1.165) is 28.8 Å². The molecule has 1 unspecified atom stereocenters. The molecule has 1 saturated heterocycles. The molecule has 1 amide bonds. The van der Waals surface area contributed by atoms with Gasteiger partial charge in [-0.3, -0.25) is 14.7 Å². The van der Waals surface area contributed by atoms with Gasteiger partial charge in [-0.15, -0.1) is 13.2 Å². The molecule has 0 saturated carbocycles. The van der Waals surface area contributed by atoms with Crippen molar-refractivity contribution in [2.24, 2.45) is 5.10 Å². The lowest BCUT2D eigenvalue weighted by molar-refractivity contribution is -0.274. The molecule has 12 heteroatoms. The van der Waals surface area contributed by atoms with Gasteiger partial charge in [-0.25, -0.2) is 9.67 Å². The Kier molecular flexibility index (Phi) is 8.20. The van der Waals surface area contributed by atoms with Crippen LogP contribution >= 0.6 is 11.8 Å². The van der Waals surface area contributed by atoms with E-state index in [1.807, 2.05) is 43.3 Å². The first-order chi connectivity index (χ1) is 19.6. The molecule has 5 rings (SSSR count). The van der Waals surface area contributed by atoms with Crippen LogP contribution in [0.5, 0.6) is 5.75 Å². The predicted octanol–water partition coefficient (Wildman–Crippen LogP) is 5.99. The second kappa shape index (κ2) is 11.8. The van der Waals surface area contributed by atoms with Crippen LogP contribution < -0.4 is 9.64 Å². The molecular formula is C29H29F3N6O2S. The largest absolute Gasteiger partial charge is 0.573 e. The molecule has 1 atom stereocenters. The fraction of sp³-hybridized carbons (Fsp3) is 0.310. The number of hydrogen-bond acceptors (Lipinski definition) is 7. The van der Waals surface area contributed by atoms with Gasteiger partial charge >= 0.3 is 6.36 Å². The van der Waals surface area contributed by atoms with E-state index < -0.39 is 6.36 Å². The number of amidine groups is 1. The SMILES string of the molecule is CCc1cccc(C)c1N1C(=O)CS/C1=N\N(C)CC1=CCC(c2ncn(-c3ccc(OC(F)(F)F)cc3)n2)C=C1. The second-order valence-electron chi connectivity index (χ2n) is 9.72. The van der Waals surface area contributed by atoms with Crippen LogP contribution in [0.4, 0.5) is 18.9 Å². The van der Waals surface area contributed by atoms with Crippen molar-refractivity contribution in [2.75, 3.05) is 24.2 Å². The minimum Gasteiger partial charge on any atom is -0.406 e. The molecule has 1 aliphatic carbocycles. The summed E-state index contributed by atoms with van der Waals surface area (Å²) < 4.78 is 42.7. The quantitative estimate of drug-likeness (QED) is 0.304. The highest BCUT2D eigenvalue weighted by atomic mass is 32.2.